The first kappa shape index (κ1) is 14.7. The quantitative estimate of drug-likeness (QED) is 0.358. The third-order valence-corrected chi connectivity index (χ3v) is 3.58. The highest BCUT2D eigenvalue weighted by Crippen LogP contribution is 2.31. The van der Waals surface area contributed by atoms with Crippen LogP contribution in [-0.2, 0) is 9.47 Å². The summed E-state index contributed by atoms with van der Waals surface area (Å²) in [5.74, 6) is 0.785. The largest absolute Gasteiger partial charge is 0.353 e. The monoisotopic (exact) mass is 240 g/mol. The molecule has 0 aliphatic heterocycles. The molecule has 0 saturated heterocycles. The maximum atomic E-state index is 5.55. The Hall–Kier alpha value is -0.340. The molecule has 1 fully saturated rings. The van der Waals surface area contributed by atoms with Gasteiger partial charge in [-0.25, -0.2) is 0 Å². The van der Waals surface area contributed by atoms with Crippen LogP contribution in [0.3, 0.4) is 0 Å². The molecule has 1 aliphatic rings. The second-order valence-corrected chi connectivity index (χ2v) is 4.99. The number of rotatable bonds is 8. The van der Waals surface area contributed by atoms with Gasteiger partial charge in [0.05, 0.1) is 0 Å². The van der Waals surface area contributed by atoms with E-state index in [0.29, 0.717) is 0 Å². The Morgan fingerprint density at radius 2 is 2.12 bits per heavy atom. The van der Waals surface area contributed by atoms with Crippen molar-refractivity contribution in [2.45, 2.75) is 65.1 Å². The van der Waals surface area contributed by atoms with E-state index >= 15 is 0 Å². The Morgan fingerprint density at radius 1 is 1.29 bits per heavy atom. The second-order valence-electron chi connectivity index (χ2n) is 4.99. The van der Waals surface area contributed by atoms with Gasteiger partial charge in [0.1, 0.15) is 0 Å². The lowest BCUT2D eigenvalue weighted by Gasteiger charge is -2.24. The predicted octanol–water partition coefficient (Wildman–Crippen LogP) is 4.30. The van der Waals surface area contributed by atoms with Crippen molar-refractivity contribution in [2.24, 2.45) is 5.92 Å². The van der Waals surface area contributed by atoms with Crippen LogP contribution in [0.4, 0.5) is 0 Å². The van der Waals surface area contributed by atoms with E-state index in [2.05, 4.69) is 6.58 Å². The highest BCUT2D eigenvalue weighted by Gasteiger charge is 2.16. The molecule has 0 aromatic heterocycles. The lowest BCUT2D eigenvalue weighted by atomic mass is 9.82. The van der Waals surface area contributed by atoms with Gasteiger partial charge < -0.3 is 9.47 Å². The van der Waals surface area contributed by atoms with Crippen LogP contribution < -0.4 is 0 Å². The Morgan fingerprint density at radius 3 is 2.82 bits per heavy atom. The number of ether oxygens (including phenoxy) is 2. The summed E-state index contributed by atoms with van der Waals surface area (Å²) < 4.78 is 10.9. The molecule has 0 spiro atoms. The van der Waals surface area contributed by atoms with Gasteiger partial charge in [0.2, 0.25) is 0 Å². The number of allylic oxidation sites excluding steroid dienone is 1. The third-order valence-electron chi connectivity index (χ3n) is 3.58. The Kier molecular flexibility index (Phi) is 7.54. The summed E-state index contributed by atoms with van der Waals surface area (Å²) in [7, 11) is 0. The molecule has 17 heavy (non-hydrogen) atoms. The van der Waals surface area contributed by atoms with Crippen LogP contribution in [0.25, 0.3) is 0 Å². The van der Waals surface area contributed by atoms with E-state index in [1.54, 1.807) is 0 Å². The molecule has 2 atom stereocenters. The van der Waals surface area contributed by atoms with Gasteiger partial charge in [-0.2, -0.15) is 0 Å². The van der Waals surface area contributed by atoms with Gasteiger partial charge in [-0.15, -0.1) is 0 Å². The van der Waals surface area contributed by atoms with Crippen LogP contribution in [-0.4, -0.2) is 19.5 Å². The molecule has 1 unspecified atom stereocenters. The van der Waals surface area contributed by atoms with Gasteiger partial charge in [0.25, 0.3) is 0 Å². The minimum atomic E-state index is -0.0513. The molecule has 100 valence electrons. The minimum absolute atomic E-state index is 0.0513. The smallest absolute Gasteiger partial charge is 0.154 e. The molecule has 0 aromatic rings. The third kappa shape index (κ3) is 6.23. The molecule has 0 aromatic carbocycles. The van der Waals surface area contributed by atoms with Crippen LogP contribution in [0.15, 0.2) is 12.2 Å². The van der Waals surface area contributed by atoms with Crippen LogP contribution in [0.5, 0.6) is 0 Å². The first-order valence-electron chi connectivity index (χ1n) is 7.15. The van der Waals surface area contributed by atoms with E-state index in [1.807, 2.05) is 13.8 Å². The average Bonchev–Trinajstić information content (AvgIpc) is 2.31. The van der Waals surface area contributed by atoms with Crippen LogP contribution >= 0.6 is 0 Å². The van der Waals surface area contributed by atoms with Gasteiger partial charge >= 0.3 is 0 Å². The van der Waals surface area contributed by atoms with Crippen LogP contribution in [0.2, 0.25) is 0 Å². The zero-order valence-electron chi connectivity index (χ0n) is 11.5. The van der Waals surface area contributed by atoms with Crippen molar-refractivity contribution in [1.29, 1.82) is 0 Å². The van der Waals surface area contributed by atoms with Crippen molar-refractivity contribution < 1.29 is 9.47 Å². The summed E-state index contributed by atoms with van der Waals surface area (Å²) in [6.45, 7) is 9.70. The Balaban J connectivity index is 1.98. The summed E-state index contributed by atoms with van der Waals surface area (Å²) in [5.41, 5.74) is 1.49. The van der Waals surface area contributed by atoms with Crippen molar-refractivity contribution >= 4 is 0 Å². The fourth-order valence-electron chi connectivity index (χ4n) is 2.52. The Labute approximate surface area is 106 Å². The van der Waals surface area contributed by atoms with Crippen molar-refractivity contribution in [3.05, 3.63) is 12.2 Å². The molecule has 0 heterocycles. The molecule has 1 rings (SSSR count). The summed E-state index contributed by atoms with van der Waals surface area (Å²) in [6.07, 6.45) is 8.99. The van der Waals surface area contributed by atoms with Crippen molar-refractivity contribution in [2.75, 3.05) is 13.2 Å². The highest BCUT2D eigenvalue weighted by atomic mass is 16.7. The number of hydrogen-bond donors (Lipinski definition) is 0. The first-order valence-corrected chi connectivity index (χ1v) is 7.15. The van der Waals surface area contributed by atoms with E-state index in [0.717, 1.165) is 25.6 Å². The molecule has 2 heteroatoms. The van der Waals surface area contributed by atoms with Crippen LogP contribution in [0, 0.1) is 5.92 Å². The fraction of sp³-hybridized carbons (Fsp3) is 0.867. The van der Waals surface area contributed by atoms with Gasteiger partial charge in [-0.05, 0) is 51.9 Å². The van der Waals surface area contributed by atoms with E-state index in [4.69, 9.17) is 9.47 Å². The zero-order chi connectivity index (χ0) is 12.5. The zero-order valence-corrected chi connectivity index (χ0v) is 11.5. The average molecular weight is 240 g/mol. The SMILES string of the molecule is C=C1CCCC[C@@H]1CCCCOC(C)OCC. The molecule has 0 radical (unpaired) electrons. The summed E-state index contributed by atoms with van der Waals surface area (Å²) >= 11 is 0. The predicted molar refractivity (Wildman–Crippen MR) is 72.0 cm³/mol. The summed E-state index contributed by atoms with van der Waals surface area (Å²) in [5, 5.41) is 0. The fourth-order valence-corrected chi connectivity index (χ4v) is 2.52. The molecular weight excluding hydrogens is 212 g/mol. The van der Waals surface area contributed by atoms with Crippen molar-refractivity contribution in [1.82, 2.24) is 0 Å². The standard InChI is InChI=1S/C15H28O2/c1-4-16-14(3)17-12-8-7-11-15-10-6-5-9-13(15)2/h14-15H,2,4-12H2,1,3H3/t14?,15-/m1/s1. The van der Waals surface area contributed by atoms with Gasteiger partial charge in [-0.3, -0.25) is 0 Å². The second kappa shape index (κ2) is 8.71. The van der Waals surface area contributed by atoms with E-state index < -0.39 is 0 Å². The summed E-state index contributed by atoms with van der Waals surface area (Å²) in [4.78, 5) is 0. The molecule has 0 N–H and O–H groups in total. The number of unbranched alkanes of at least 4 members (excludes halogenated alkanes) is 1. The lowest BCUT2D eigenvalue weighted by molar-refractivity contribution is -0.127. The van der Waals surface area contributed by atoms with E-state index in [-0.39, 0.29) is 6.29 Å². The van der Waals surface area contributed by atoms with Crippen LogP contribution in [0.1, 0.15) is 58.8 Å². The molecular formula is C15H28O2. The molecule has 1 aliphatic carbocycles. The van der Waals surface area contributed by atoms with Gasteiger partial charge in [-0.1, -0.05) is 25.0 Å². The van der Waals surface area contributed by atoms with Gasteiger partial charge in [0, 0.05) is 13.2 Å². The van der Waals surface area contributed by atoms with Gasteiger partial charge in [0.15, 0.2) is 6.29 Å². The molecule has 1 saturated carbocycles. The summed E-state index contributed by atoms with van der Waals surface area (Å²) in [6, 6.07) is 0. The maximum Gasteiger partial charge on any atom is 0.154 e. The number of hydrogen-bond acceptors (Lipinski definition) is 2. The van der Waals surface area contributed by atoms with Crippen molar-refractivity contribution in [3.8, 4) is 0 Å². The molecule has 0 bridgehead atoms. The van der Waals surface area contributed by atoms with E-state index in [9.17, 15) is 0 Å². The molecule has 2 nitrogen and oxygen atoms in total. The lowest BCUT2D eigenvalue weighted by Crippen LogP contribution is -2.14. The normalized spacial score (nSPS) is 22.7. The Bertz CT molecular complexity index is 213. The first-order chi connectivity index (χ1) is 8.24. The topological polar surface area (TPSA) is 18.5 Å². The van der Waals surface area contributed by atoms with Crippen molar-refractivity contribution in [3.63, 3.8) is 0 Å². The minimum Gasteiger partial charge on any atom is -0.353 e. The molecule has 0 amide bonds. The highest BCUT2D eigenvalue weighted by molar-refractivity contribution is 5.02. The van der Waals surface area contributed by atoms with E-state index in [1.165, 1.54) is 44.1 Å². The maximum absolute atomic E-state index is 5.55.